The highest BCUT2D eigenvalue weighted by atomic mass is 31.2. The zero-order valence-corrected chi connectivity index (χ0v) is 67.5. The van der Waals surface area contributed by atoms with Crippen molar-refractivity contribution >= 4 is 45.6 Å². The first kappa shape index (κ1) is 103. The molecular weight excluding hydrogens is 1340 g/mol. The number of alkyl carbamates (subject to hydrolysis) is 1. The van der Waals surface area contributed by atoms with Crippen LogP contribution in [0.25, 0.3) is 0 Å². The van der Waals surface area contributed by atoms with E-state index in [0.29, 0.717) is 19.3 Å². The lowest BCUT2D eigenvalue weighted by atomic mass is 10.0. The van der Waals surface area contributed by atoms with Crippen molar-refractivity contribution in [3.63, 3.8) is 0 Å². The smallest absolute Gasteiger partial charge is 0.407 e. The van der Waals surface area contributed by atoms with Crippen molar-refractivity contribution < 1.29 is 89.4 Å². The predicted octanol–water partition coefficient (Wildman–Crippen LogP) is 20.3. The van der Waals surface area contributed by atoms with Crippen molar-refractivity contribution in [1.82, 2.24) is 11.5 Å². The van der Waals surface area contributed by atoms with Crippen molar-refractivity contribution in [3.05, 3.63) is 0 Å². The van der Waals surface area contributed by atoms with Crippen molar-refractivity contribution in [3.8, 4) is 0 Å². The number of carbonyl (C=O) groups excluding carboxylic acids is 5. The molecule has 0 fully saturated rings. The lowest BCUT2D eigenvalue weighted by molar-refractivity contribution is -0.229. The Morgan fingerprint density at radius 3 is 0.824 bits per heavy atom. The minimum absolute atomic E-state index is 0. The molecule has 0 aliphatic carbocycles. The van der Waals surface area contributed by atoms with Gasteiger partial charge in [0, 0.05) is 45.9 Å². The Bertz CT molecular complexity index is 1950. The molecule has 6 N–H and O–H groups in total. The van der Waals surface area contributed by atoms with Gasteiger partial charge in [-0.1, -0.05) is 336 Å². The molecule has 0 aromatic carbocycles. The lowest BCUT2D eigenvalue weighted by Crippen LogP contribution is -2.31. The molecule has 0 rings (SSSR count). The zero-order valence-electron chi connectivity index (χ0n) is 65.8. The molecule has 0 aliphatic heterocycles. The monoisotopic (exact) mass is 1500 g/mol. The van der Waals surface area contributed by atoms with Crippen molar-refractivity contribution in [2.45, 2.75) is 399 Å². The topological polar surface area (TPSA) is 331 Å². The van der Waals surface area contributed by atoms with Gasteiger partial charge in [0.2, 0.25) is 0 Å². The van der Waals surface area contributed by atoms with E-state index < -0.39 is 77.6 Å². The quantitative estimate of drug-likeness (QED) is 0.0220. The van der Waals surface area contributed by atoms with E-state index >= 15 is 0 Å². The molecule has 608 valence electrons. The molecule has 0 aromatic heterocycles. The summed E-state index contributed by atoms with van der Waals surface area (Å²) in [4.78, 5) is 85.8. The van der Waals surface area contributed by atoms with E-state index in [1.54, 1.807) is 0 Å². The first-order valence-electron chi connectivity index (χ1n) is 41.1. The molecule has 0 aliphatic rings. The maximum absolute atomic E-state index is 12.6. The van der Waals surface area contributed by atoms with Gasteiger partial charge in [-0.2, -0.15) is 0 Å². The van der Waals surface area contributed by atoms with Gasteiger partial charge >= 0.3 is 30.0 Å². The molecule has 0 heterocycles. The first-order valence-corrected chi connectivity index (χ1v) is 44.0. The second kappa shape index (κ2) is 80.8. The van der Waals surface area contributed by atoms with Gasteiger partial charge in [-0.15, -0.1) is 0 Å². The Kier molecular flexibility index (Phi) is 81.9. The maximum atomic E-state index is 12.6. The number of nitrogens with one attached hydrogen (secondary N) is 1. The summed E-state index contributed by atoms with van der Waals surface area (Å²) >= 11 is 0. The number of phosphoric ester groups is 2. The molecular formula is C78H155N3O19P2-2. The minimum atomic E-state index is -4.81. The summed E-state index contributed by atoms with van der Waals surface area (Å²) in [5.41, 5.74) is 5.30. The van der Waals surface area contributed by atoms with Crippen molar-refractivity contribution in [1.29, 1.82) is 0 Å². The van der Waals surface area contributed by atoms with E-state index in [4.69, 9.17) is 47.7 Å². The summed E-state index contributed by atoms with van der Waals surface area (Å²) in [5.74, 6) is -1.79. The van der Waals surface area contributed by atoms with Crippen LogP contribution in [0.15, 0.2) is 0 Å². The van der Waals surface area contributed by atoms with E-state index in [1.165, 1.54) is 245 Å². The summed E-state index contributed by atoms with van der Waals surface area (Å²) in [6, 6.07) is 0. The molecule has 24 heteroatoms. The predicted molar refractivity (Wildman–Crippen MR) is 407 cm³/mol. The fourth-order valence-corrected chi connectivity index (χ4v) is 13.0. The molecule has 4 atom stereocenters. The maximum Gasteiger partial charge on any atom is 0.407 e. The standard InChI is InChI=1S/C41H80NO11P.C37H74NO8P.H3N/c1-4-6-8-10-12-14-16-18-20-22-24-26-28-30-39(43)50-36-38(37-52-54(46,47)51-33-32-42-41(45)49-35-34-48-3)53-40(44)31-29-27-25-23-21-19-17-15-13-11-9-7-5-2;1-3-5-7-9-11-13-15-17-19-21-23-25-27-29-36(39)43-33-35(34-45-47(41,42)44-32-31-38)46-37(40)30-28-26-24-22-20-18-16-14-12-10-8-6-4-2;/h38H,4-37H2,1-3H3,(H,42,45)(H,46,47);35H,3-34,38H2,1-2H3,(H,41,42);1H3/p-2/t38-;35-;/m11./s1. The number of phosphoric acid groups is 2. The van der Waals surface area contributed by atoms with Gasteiger partial charge in [0.1, 0.15) is 19.8 Å². The Labute approximate surface area is 622 Å². The Hall–Kier alpha value is -2.75. The van der Waals surface area contributed by atoms with Gasteiger partial charge < -0.3 is 73.5 Å². The van der Waals surface area contributed by atoms with Crippen LogP contribution in [0.2, 0.25) is 0 Å². The summed E-state index contributed by atoms with van der Waals surface area (Å²) in [7, 11) is -7.95. The average molecular weight is 1500 g/mol. The van der Waals surface area contributed by atoms with Crippen LogP contribution in [0.3, 0.4) is 0 Å². The third-order valence-corrected chi connectivity index (χ3v) is 19.7. The van der Waals surface area contributed by atoms with Gasteiger partial charge in [-0.3, -0.25) is 28.3 Å². The number of amides is 1. The molecule has 0 saturated carbocycles. The number of unbranched alkanes of at least 4 members (excludes halogenated alkanes) is 48. The van der Waals surface area contributed by atoms with Gasteiger partial charge in [-0.25, -0.2) is 4.79 Å². The molecule has 0 saturated heterocycles. The van der Waals surface area contributed by atoms with Crippen LogP contribution in [0, 0.1) is 0 Å². The van der Waals surface area contributed by atoms with Crippen LogP contribution >= 0.6 is 15.6 Å². The largest absolute Gasteiger partial charge is 0.756 e. The van der Waals surface area contributed by atoms with Crippen LogP contribution in [-0.4, -0.2) is 115 Å². The highest BCUT2D eigenvalue weighted by Crippen LogP contribution is 2.39. The number of ether oxygens (including phenoxy) is 6. The number of rotatable bonds is 78. The van der Waals surface area contributed by atoms with E-state index in [1.807, 2.05) is 0 Å². The normalized spacial score (nSPS) is 13.0. The first-order chi connectivity index (χ1) is 49.1. The van der Waals surface area contributed by atoms with Crippen LogP contribution < -0.4 is 27.0 Å². The number of nitrogens with two attached hydrogens (primary N) is 1. The summed E-state index contributed by atoms with van der Waals surface area (Å²) < 4.78 is 74.9. The second-order valence-corrected chi connectivity index (χ2v) is 30.4. The molecule has 0 radical (unpaired) electrons. The van der Waals surface area contributed by atoms with Gasteiger partial charge in [0.15, 0.2) is 12.2 Å². The lowest BCUT2D eigenvalue weighted by Gasteiger charge is -2.25. The summed E-state index contributed by atoms with van der Waals surface area (Å²) in [5, 5.41) is 2.35. The molecule has 102 heavy (non-hydrogen) atoms. The van der Waals surface area contributed by atoms with Gasteiger partial charge in [0.25, 0.3) is 15.6 Å². The van der Waals surface area contributed by atoms with Crippen LogP contribution in [0.1, 0.15) is 387 Å². The second-order valence-electron chi connectivity index (χ2n) is 27.6. The number of esters is 4. The van der Waals surface area contributed by atoms with E-state index in [9.17, 15) is 42.9 Å². The molecule has 0 spiro atoms. The molecule has 0 aromatic rings. The highest BCUT2D eigenvalue weighted by molar-refractivity contribution is 7.46. The highest BCUT2D eigenvalue weighted by Gasteiger charge is 2.23. The number of methoxy groups -OCH3 is 1. The molecule has 0 bridgehead atoms. The van der Waals surface area contributed by atoms with Crippen LogP contribution in [0.5, 0.6) is 0 Å². The molecule has 22 nitrogen and oxygen atoms in total. The summed E-state index contributed by atoms with van der Waals surface area (Å²) in [6.07, 6.45) is 60.7. The number of hydrogen-bond acceptors (Lipinski definition) is 21. The Balaban J connectivity index is -0.00000192. The van der Waals surface area contributed by atoms with Gasteiger partial charge in [-0.05, 0) is 25.7 Å². The molecule has 1 amide bonds. The van der Waals surface area contributed by atoms with Gasteiger partial charge in [0.05, 0.1) is 33.0 Å². The Morgan fingerprint density at radius 2 is 0.569 bits per heavy atom. The average Bonchev–Trinajstić information content (AvgIpc) is 0.985. The third-order valence-electron chi connectivity index (χ3n) is 17.7. The summed E-state index contributed by atoms with van der Waals surface area (Å²) in [6.45, 7) is 6.88. The van der Waals surface area contributed by atoms with Crippen molar-refractivity contribution in [2.24, 2.45) is 5.73 Å². The molecule has 2 unspecified atom stereocenters. The SMILES string of the molecule is CCCCCCCCCCCCCCCC(=O)OC[C@H](COP(=O)([O-])OCCN)OC(=O)CCCCCCCCCCCCCCC.CCCCCCCCCCCCCCCC(=O)OC[C@H](COP(=O)([O-])OCCNC(=O)OCCOC)OC(=O)CCCCCCCCCCCCCCC.N. The third kappa shape index (κ3) is 81.3. The van der Waals surface area contributed by atoms with Crippen molar-refractivity contribution in [2.75, 3.05) is 73.1 Å². The zero-order chi connectivity index (χ0) is 74.5. The van der Waals surface area contributed by atoms with E-state index in [-0.39, 0.29) is 78.0 Å². The van der Waals surface area contributed by atoms with E-state index in [0.717, 1.165) is 77.0 Å². The Morgan fingerprint density at radius 1 is 0.324 bits per heavy atom. The number of carbonyl (C=O) groups is 5. The fourth-order valence-electron chi connectivity index (χ4n) is 11.6. The minimum Gasteiger partial charge on any atom is -0.756 e. The number of hydrogen-bond donors (Lipinski definition) is 3. The van der Waals surface area contributed by atoms with Crippen LogP contribution in [0.4, 0.5) is 4.79 Å². The fraction of sp³-hybridized carbons (Fsp3) is 0.936. The van der Waals surface area contributed by atoms with E-state index in [2.05, 4.69) is 37.5 Å². The van der Waals surface area contributed by atoms with Crippen LogP contribution in [-0.2, 0) is 74.8 Å².